The van der Waals surface area contributed by atoms with Gasteiger partial charge in [-0.25, -0.2) is 9.78 Å². The number of methoxy groups -OCH3 is 1. The van der Waals surface area contributed by atoms with Crippen LogP contribution in [0.1, 0.15) is 38.0 Å². The lowest BCUT2D eigenvalue weighted by Gasteiger charge is -2.17. The molecule has 1 unspecified atom stereocenters. The fourth-order valence-electron chi connectivity index (χ4n) is 5.10. The summed E-state index contributed by atoms with van der Waals surface area (Å²) >= 11 is 1.48. The number of carbonyl (C=O) groups excluding carboxylic acids is 3. The number of carbonyl (C=O) groups is 3. The van der Waals surface area contributed by atoms with Crippen LogP contribution >= 0.6 is 11.3 Å². The SMILES string of the molecule is COC(=O)c1ccc2c(c1)NC(=O)C2C(=Nc1ccc2c(c1)CCN2C(=O)Cc1nccs1)c1ccccc1. The van der Waals surface area contributed by atoms with E-state index in [1.165, 1.54) is 18.4 Å². The monoisotopic (exact) mass is 536 g/mol. The number of rotatable bonds is 6. The number of hydrogen-bond donors (Lipinski definition) is 1. The molecule has 1 N–H and O–H groups in total. The maximum atomic E-state index is 13.3. The van der Waals surface area contributed by atoms with Gasteiger partial charge in [0, 0.05) is 29.5 Å². The number of amides is 2. The summed E-state index contributed by atoms with van der Waals surface area (Å²) in [7, 11) is 1.32. The second-order valence-electron chi connectivity index (χ2n) is 9.29. The number of esters is 1. The smallest absolute Gasteiger partial charge is 0.337 e. The van der Waals surface area contributed by atoms with E-state index in [-0.39, 0.29) is 18.2 Å². The van der Waals surface area contributed by atoms with Crippen LogP contribution in [0.3, 0.4) is 0 Å². The summed E-state index contributed by atoms with van der Waals surface area (Å²) in [5.41, 5.74) is 5.73. The van der Waals surface area contributed by atoms with Gasteiger partial charge in [0.05, 0.1) is 30.5 Å². The maximum Gasteiger partial charge on any atom is 0.337 e. The Morgan fingerprint density at radius 2 is 1.95 bits per heavy atom. The predicted molar refractivity (Wildman–Crippen MR) is 150 cm³/mol. The Hall–Kier alpha value is -4.63. The van der Waals surface area contributed by atoms with Gasteiger partial charge in [-0.05, 0) is 53.4 Å². The van der Waals surface area contributed by atoms with Crippen LogP contribution in [0.5, 0.6) is 0 Å². The third-order valence-corrected chi connectivity index (χ3v) is 7.72. The Morgan fingerprint density at radius 1 is 1.10 bits per heavy atom. The summed E-state index contributed by atoms with van der Waals surface area (Å²) in [5.74, 6) is -1.31. The van der Waals surface area contributed by atoms with Gasteiger partial charge in [-0.15, -0.1) is 11.3 Å². The Bertz CT molecular complexity index is 1620. The van der Waals surface area contributed by atoms with Gasteiger partial charge in [0.25, 0.3) is 0 Å². The van der Waals surface area contributed by atoms with Crippen molar-refractivity contribution >= 4 is 51.9 Å². The highest BCUT2D eigenvalue weighted by atomic mass is 32.1. The lowest BCUT2D eigenvalue weighted by molar-refractivity contribution is -0.118. The van der Waals surface area contributed by atoms with Crippen molar-refractivity contribution in [3.8, 4) is 0 Å². The molecule has 0 aliphatic carbocycles. The molecule has 0 fully saturated rings. The molecule has 39 heavy (non-hydrogen) atoms. The number of hydrogen-bond acceptors (Lipinski definition) is 7. The average molecular weight is 537 g/mol. The third kappa shape index (κ3) is 4.72. The molecule has 9 heteroatoms. The first-order chi connectivity index (χ1) is 19.0. The summed E-state index contributed by atoms with van der Waals surface area (Å²) in [6.07, 6.45) is 2.72. The molecule has 0 radical (unpaired) electrons. The predicted octanol–water partition coefficient (Wildman–Crippen LogP) is 4.92. The van der Waals surface area contributed by atoms with E-state index in [4.69, 9.17) is 9.73 Å². The lowest BCUT2D eigenvalue weighted by atomic mass is 9.90. The van der Waals surface area contributed by atoms with Crippen LogP contribution in [0, 0.1) is 0 Å². The van der Waals surface area contributed by atoms with Crippen LogP contribution in [0.2, 0.25) is 0 Å². The van der Waals surface area contributed by atoms with Crippen molar-refractivity contribution in [2.45, 2.75) is 18.8 Å². The van der Waals surface area contributed by atoms with Crippen molar-refractivity contribution in [3.63, 3.8) is 0 Å². The van der Waals surface area contributed by atoms with Gasteiger partial charge in [-0.3, -0.25) is 14.6 Å². The van der Waals surface area contributed by atoms with Crippen molar-refractivity contribution in [3.05, 3.63) is 106 Å². The molecule has 0 saturated heterocycles. The van der Waals surface area contributed by atoms with Gasteiger partial charge in [-0.2, -0.15) is 0 Å². The number of anilines is 2. The molecule has 2 amide bonds. The van der Waals surface area contributed by atoms with Crippen molar-refractivity contribution in [2.24, 2.45) is 4.99 Å². The molecule has 2 aliphatic heterocycles. The molecule has 3 heterocycles. The van der Waals surface area contributed by atoms with Crippen LogP contribution in [-0.4, -0.2) is 42.1 Å². The summed E-state index contributed by atoms with van der Waals surface area (Å²) in [6.45, 7) is 0.610. The van der Waals surface area contributed by atoms with Crippen molar-refractivity contribution in [1.29, 1.82) is 0 Å². The van der Waals surface area contributed by atoms with E-state index in [1.807, 2.05) is 58.8 Å². The highest BCUT2D eigenvalue weighted by Crippen LogP contribution is 2.38. The molecule has 6 rings (SSSR count). The van der Waals surface area contributed by atoms with Crippen molar-refractivity contribution in [2.75, 3.05) is 23.9 Å². The summed E-state index contributed by atoms with van der Waals surface area (Å²) in [4.78, 5) is 49.3. The molecular weight excluding hydrogens is 512 g/mol. The first-order valence-electron chi connectivity index (χ1n) is 12.5. The second-order valence-corrected chi connectivity index (χ2v) is 10.3. The Morgan fingerprint density at radius 3 is 2.72 bits per heavy atom. The summed E-state index contributed by atoms with van der Waals surface area (Å²) < 4.78 is 4.83. The lowest BCUT2D eigenvalue weighted by Crippen LogP contribution is -2.30. The summed E-state index contributed by atoms with van der Waals surface area (Å²) in [6, 6.07) is 20.5. The normalized spacial score (nSPS) is 16.0. The standard InChI is InChI=1S/C30H24N4O4S/c1-38-30(37)20-7-9-22-23(16-20)33-29(36)27(22)28(18-5-3-2-4-6-18)32-21-8-10-24-19(15-21)11-13-34(24)26(35)17-25-31-12-14-39-25/h2-10,12,14-16,27H,11,13,17H2,1H3,(H,33,36). The zero-order chi connectivity index (χ0) is 26.9. The van der Waals surface area contributed by atoms with E-state index in [9.17, 15) is 14.4 Å². The zero-order valence-corrected chi connectivity index (χ0v) is 21.9. The molecule has 3 aromatic carbocycles. The quantitative estimate of drug-likeness (QED) is 0.279. The summed E-state index contributed by atoms with van der Waals surface area (Å²) in [5, 5.41) is 5.58. The van der Waals surface area contributed by atoms with Crippen LogP contribution < -0.4 is 10.2 Å². The van der Waals surface area contributed by atoms with Gasteiger partial charge in [0.1, 0.15) is 10.9 Å². The van der Waals surface area contributed by atoms with E-state index >= 15 is 0 Å². The van der Waals surface area contributed by atoms with Crippen molar-refractivity contribution < 1.29 is 19.1 Å². The minimum atomic E-state index is -0.654. The number of nitrogens with zero attached hydrogens (tertiary/aromatic N) is 3. The first kappa shape index (κ1) is 24.7. The highest BCUT2D eigenvalue weighted by Gasteiger charge is 2.36. The average Bonchev–Trinajstić information content (AvgIpc) is 3.69. The number of aliphatic imine (C=N–C) groups is 1. The van der Waals surface area contributed by atoms with Crippen molar-refractivity contribution in [1.82, 2.24) is 4.98 Å². The van der Waals surface area contributed by atoms with Gasteiger partial charge in [0.15, 0.2) is 0 Å². The topological polar surface area (TPSA) is 101 Å². The van der Waals surface area contributed by atoms with E-state index in [0.717, 1.165) is 33.8 Å². The molecule has 8 nitrogen and oxygen atoms in total. The number of fused-ring (bicyclic) bond motifs is 2. The Labute approximate surface area is 229 Å². The van der Waals surface area contributed by atoms with Gasteiger partial charge >= 0.3 is 5.97 Å². The first-order valence-corrected chi connectivity index (χ1v) is 13.4. The van der Waals surface area contributed by atoms with Gasteiger partial charge in [0.2, 0.25) is 11.8 Å². The third-order valence-electron chi connectivity index (χ3n) is 6.94. The minimum absolute atomic E-state index is 0.0236. The molecular formula is C30H24N4O4S. The number of aromatic nitrogens is 1. The van der Waals surface area contributed by atoms with Crippen LogP contribution in [0.25, 0.3) is 0 Å². The van der Waals surface area contributed by atoms with E-state index in [1.54, 1.807) is 24.4 Å². The number of nitrogens with one attached hydrogen (secondary N) is 1. The minimum Gasteiger partial charge on any atom is -0.465 e. The largest absolute Gasteiger partial charge is 0.465 e. The number of thiazole rings is 1. The molecule has 4 aromatic rings. The maximum absolute atomic E-state index is 13.3. The molecule has 0 spiro atoms. The molecule has 194 valence electrons. The van der Waals surface area contributed by atoms with E-state index < -0.39 is 11.9 Å². The molecule has 0 saturated carbocycles. The molecule has 0 bridgehead atoms. The Balaban J connectivity index is 1.35. The zero-order valence-electron chi connectivity index (χ0n) is 21.1. The van der Waals surface area contributed by atoms with Crippen LogP contribution in [0.4, 0.5) is 17.1 Å². The van der Waals surface area contributed by atoms with E-state index in [0.29, 0.717) is 29.2 Å². The van der Waals surface area contributed by atoms with Gasteiger partial charge < -0.3 is 15.0 Å². The van der Waals surface area contributed by atoms with E-state index in [2.05, 4.69) is 10.3 Å². The Kier molecular flexibility index (Phi) is 6.50. The second kappa shape index (κ2) is 10.3. The molecule has 1 atom stereocenters. The number of benzene rings is 3. The number of ether oxygens (including phenoxy) is 1. The van der Waals surface area contributed by atoms with Gasteiger partial charge in [-0.1, -0.05) is 36.4 Å². The fourth-order valence-corrected chi connectivity index (χ4v) is 5.71. The highest BCUT2D eigenvalue weighted by molar-refractivity contribution is 7.09. The van der Waals surface area contributed by atoms with Crippen LogP contribution in [-0.2, 0) is 27.2 Å². The molecule has 1 aromatic heterocycles. The molecule has 2 aliphatic rings. The fraction of sp³-hybridized carbons (Fsp3) is 0.167. The van der Waals surface area contributed by atoms with Crippen LogP contribution in [0.15, 0.2) is 83.3 Å².